The molecule has 0 aliphatic heterocycles. The minimum atomic E-state index is -0.488. The molecule has 3 nitrogen and oxygen atoms in total. The molecule has 0 fully saturated rings. The summed E-state index contributed by atoms with van der Waals surface area (Å²) < 4.78 is 10.6. The first-order chi connectivity index (χ1) is 11.8. The van der Waals surface area contributed by atoms with Crippen LogP contribution in [0.1, 0.15) is 18.4 Å². The maximum Gasteiger partial charge on any atom is 0.335 e. The van der Waals surface area contributed by atoms with Crippen molar-refractivity contribution in [3.63, 3.8) is 0 Å². The second-order valence-corrected chi connectivity index (χ2v) is 6.60. The summed E-state index contributed by atoms with van der Waals surface area (Å²) >= 11 is 1.72. The smallest absolute Gasteiger partial charge is 0.335 e. The number of hydrogen-bond donors (Lipinski definition) is 0. The van der Waals surface area contributed by atoms with Crippen LogP contribution >= 0.6 is 11.8 Å². The van der Waals surface area contributed by atoms with Crippen LogP contribution in [-0.2, 0) is 20.7 Å². The number of methoxy groups -OCH3 is 1. The van der Waals surface area contributed by atoms with Crippen LogP contribution in [0.15, 0.2) is 65.6 Å². The lowest BCUT2D eigenvalue weighted by atomic mass is 10.1. The molecule has 4 heteroatoms. The van der Waals surface area contributed by atoms with Gasteiger partial charge in [0, 0.05) is 17.8 Å². The van der Waals surface area contributed by atoms with E-state index in [9.17, 15) is 4.79 Å². The molecule has 2 aromatic carbocycles. The lowest BCUT2D eigenvalue weighted by Crippen LogP contribution is -2.26. The monoisotopic (exact) mass is 344 g/mol. The molecular formula is C20H24O3S. The number of hydrogen-bond acceptors (Lipinski definition) is 4. The lowest BCUT2D eigenvalue weighted by molar-refractivity contribution is -0.155. The molecular weight excluding hydrogens is 320 g/mol. The number of ether oxygens (including phenoxy) is 2. The summed E-state index contributed by atoms with van der Waals surface area (Å²) in [6.07, 6.45) is 1.90. The van der Waals surface area contributed by atoms with Crippen LogP contribution in [0.25, 0.3) is 0 Å². The van der Waals surface area contributed by atoms with Gasteiger partial charge < -0.3 is 9.47 Å². The molecule has 0 aromatic heterocycles. The average Bonchev–Trinajstić information content (AvgIpc) is 2.64. The van der Waals surface area contributed by atoms with E-state index in [0.717, 1.165) is 18.6 Å². The van der Waals surface area contributed by atoms with Crippen molar-refractivity contribution >= 4 is 17.7 Å². The quantitative estimate of drug-likeness (QED) is 0.364. The summed E-state index contributed by atoms with van der Waals surface area (Å²) in [4.78, 5) is 13.3. The number of carbonyl (C=O) groups is 1. The largest absolute Gasteiger partial charge is 0.464 e. The zero-order chi connectivity index (χ0) is 17.0. The normalized spacial score (nSPS) is 11.9. The first kappa shape index (κ1) is 18.6. The van der Waals surface area contributed by atoms with Gasteiger partial charge in [-0.2, -0.15) is 0 Å². The minimum Gasteiger partial charge on any atom is -0.464 e. The molecule has 2 rings (SSSR count). The number of aryl methyl sites for hydroxylation is 1. The fraction of sp³-hybridized carbons (Fsp3) is 0.350. The number of esters is 1. The zero-order valence-electron chi connectivity index (χ0n) is 14.0. The minimum absolute atomic E-state index is 0.265. The second-order valence-electron chi connectivity index (χ2n) is 5.43. The van der Waals surface area contributed by atoms with Gasteiger partial charge in [0.2, 0.25) is 0 Å². The molecule has 0 saturated carbocycles. The van der Waals surface area contributed by atoms with Crippen LogP contribution < -0.4 is 0 Å². The second kappa shape index (κ2) is 10.9. The first-order valence-electron chi connectivity index (χ1n) is 8.21. The van der Waals surface area contributed by atoms with Crippen molar-refractivity contribution in [3.8, 4) is 0 Å². The molecule has 0 aliphatic rings. The third kappa shape index (κ3) is 6.77. The van der Waals surface area contributed by atoms with E-state index in [1.54, 1.807) is 18.9 Å². The van der Waals surface area contributed by atoms with E-state index in [1.165, 1.54) is 10.5 Å². The third-order valence-electron chi connectivity index (χ3n) is 3.64. The lowest BCUT2D eigenvalue weighted by Gasteiger charge is -2.14. The molecule has 0 N–H and O–H groups in total. The molecule has 0 saturated heterocycles. The Hall–Kier alpha value is -1.78. The highest BCUT2D eigenvalue weighted by Gasteiger charge is 2.19. The van der Waals surface area contributed by atoms with Crippen LogP contribution in [0.3, 0.4) is 0 Å². The maximum atomic E-state index is 12.1. The Morgan fingerprint density at radius 3 is 2.38 bits per heavy atom. The van der Waals surface area contributed by atoms with Gasteiger partial charge in [0.05, 0.1) is 6.61 Å². The summed E-state index contributed by atoms with van der Waals surface area (Å²) in [5, 5.41) is 0. The van der Waals surface area contributed by atoms with E-state index in [2.05, 4.69) is 24.3 Å². The standard InChI is InChI=1S/C20H24O3S/c1-22-19(14-16-24-18-12-6-3-7-13-18)20(21)23-15-8-11-17-9-4-2-5-10-17/h2-7,9-10,12-13,19H,8,11,14-16H2,1H3. The molecule has 2 aromatic rings. The van der Waals surface area contributed by atoms with Crippen molar-refractivity contribution in [2.45, 2.75) is 30.3 Å². The van der Waals surface area contributed by atoms with Crippen molar-refractivity contribution in [1.29, 1.82) is 0 Å². The molecule has 0 spiro atoms. The predicted octanol–water partition coefficient (Wildman–Crippen LogP) is 4.36. The first-order valence-corrected chi connectivity index (χ1v) is 9.19. The third-order valence-corrected chi connectivity index (χ3v) is 4.68. The van der Waals surface area contributed by atoms with Gasteiger partial charge in [-0.05, 0) is 37.0 Å². The van der Waals surface area contributed by atoms with Gasteiger partial charge in [-0.3, -0.25) is 0 Å². The van der Waals surface area contributed by atoms with Crippen LogP contribution in [-0.4, -0.2) is 31.5 Å². The van der Waals surface area contributed by atoms with Crippen molar-refractivity contribution in [2.24, 2.45) is 0 Å². The van der Waals surface area contributed by atoms with E-state index in [1.807, 2.05) is 36.4 Å². The Balaban J connectivity index is 1.63. The van der Waals surface area contributed by atoms with Crippen molar-refractivity contribution in [2.75, 3.05) is 19.5 Å². The fourth-order valence-electron chi connectivity index (χ4n) is 2.32. The van der Waals surface area contributed by atoms with Crippen molar-refractivity contribution < 1.29 is 14.3 Å². The number of thioether (sulfide) groups is 1. The van der Waals surface area contributed by atoms with Gasteiger partial charge in [-0.15, -0.1) is 11.8 Å². The van der Waals surface area contributed by atoms with Crippen LogP contribution in [0.2, 0.25) is 0 Å². The Morgan fingerprint density at radius 2 is 1.71 bits per heavy atom. The number of rotatable bonds is 10. The van der Waals surface area contributed by atoms with Gasteiger partial charge in [-0.1, -0.05) is 48.5 Å². The summed E-state index contributed by atoms with van der Waals surface area (Å²) in [7, 11) is 1.56. The molecule has 0 amide bonds. The molecule has 0 aliphatic carbocycles. The van der Waals surface area contributed by atoms with Gasteiger partial charge >= 0.3 is 5.97 Å². The Morgan fingerprint density at radius 1 is 1.04 bits per heavy atom. The predicted molar refractivity (Wildman–Crippen MR) is 98.3 cm³/mol. The molecule has 0 radical (unpaired) electrons. The molecule has 128 valence electrons. The van der Waals surface area contributed by atoms with E-state index < -0.39 is 6.10 Å². The average molecular weight is 344 g/mol. The summed E-state index contributed by atoms with van der Waals surface area (Å²) in [6.45, 7) is 0.430. The SMILES string of the molecule is COC(CCSc1ccccc1)C(=O)OCCCc1ccccc1. The van der Waals surface area contributed by atoms with E-state index in [0.29, 0.717) is 13.0 Å². The van der Waals surface area contributed by atoms with Crippen LogP contribution in [0, 0.1) is 0 Å². The summed E-state index contributed by atoms with van der Waals surface area (Å²) in [5.41, 5.74) is 1.26. The number of carbonyl (C=O) groups excluding carboxylic acids is 1. The van der Waals surface area contributed by atoms with Gasteiger partial charge in [0.15, 0.2) is 6.10 Å². The van der Waals surface area contributed by atoms with E-state index >= 15 is 0 Å². The van der Waals surface area contributed by atoms with Gasteiger partial charge in [0.25, 0.3) is 0 Å². The van der Waals surface area contributed by atoms with E-state index in [4.69, 9.17) is 9.47 Å². The summed E-state index contributed by atoms with van der Waals surface area (Å²) in [6, 6.07) is 20.4. The Kier molecular flexibility index (Phi) is 8.42. The van der Waals surface area contributed by atoms with Gasteiger partial charge in [-0.25, -0.2) is 4.79 Å². The van der Waals surface area contributed by atoms with Gasteiger partial charge in [0.1, 0.15) is 0 Å². The molecule has 1 unspecified atom stereocenters. The maximum absolute atomic E-state index is 12.1. The molecule has 24 heavy (non-hydrogen) atoms. The highest BCUT2D eigenvalue weighted by Crippen LogP contribution is 2.19. The van der Waals surface area contributed by atoms with Crippen LogP contribution in [0.4, 0.5) is 0 Å². The zero-order valence-corrected chi connectivity index (χ0v) is 14.8. The van der Waals surface area contributed by atoms with Crippen molar-refractivity contribution in [3.05, 3.63) is 66.2 Å². The highest BCUT2D eigenvalue weighted by molar-refractivity contribution is 7.99. The highest BCUT2D eigenvalue weighted by atomic mass is 32.2. The van der Waals surface area contributed by atoms with Crippen LogP contribution in [0.5, 0.6) is 0 Å². The molecule has 1 atom stereocenters. The molecule has 0 bridgehead atoms. The van der Waals surface area contributed by atoms with Crippen molar-refractivity contribution in [1.82, 2.24) is 0 Å². The molecule has 0 heterocycles. The fourth-order valence-corrected chi connectivity index (χ4v) is 3.24. The van der Waals surface area contributed by atoms with E-state index in [-0.39, 0.29) is 5.97 Å². The summed E-state index contributed by atoms with van der Waals surface area (Å²) in [5.74, 6) is 0.556. The topological polar surface area (TPSA) is 35.5 Å². The Labute approximate surface area is 148 Å². The number of benzene rings is 2. The Bertz CT molecular complexity index is 586.